The Kier molecular flexibility index (Phi) is 8.23. The van der Waals surface area contributed by atoms with Gasteiger partial charge < -0.3 is 25.3 Å². The Hall–Kier alpha value is -2.37. The van der Waals surface area contributed by atoms with Gasteiger partial charge in [0.15, 0.2) is 17.5 Å². The van der Waals surface area contributed by atoms with Crippen molar-refractivity contribution in [2.45, 2.75) is 19.2 Å². The second kappa shape index (κ2) is 10.4. The summed E-state index contributed by atoms with van der Waals surface area (Å²) in [5.74, 6) is 1.19. The molecule has 2 aromatic rings. The van der Waals surface area contributed by atoms with Crippen LogP contribution < -0.4 is 25.3 Å². The number of nitrogens with two attached hydrogens (primary N) is 1. The number of benzene rings is 2. The molecule has 1 aliphatic rings. The number of halogens is 4. The van der Waals surface area contributed by atoms with Gasteiger partial charge in [0.25, 0.3) is 0 Å². The molecule has 0 fully saturated rings. The zero-order chi connectivity index (χ0) is 20.0. The number of ether oxygens (including phenoxy) is 3. The van der Waals surface area contributed by atoms with Crippen molar-refractivity contribution in [3.05, 3.63) is 48.0 Å². The molecule has 1 aliphatic heterocycles. The van der Waals surface area contributed by atoms with Crippen molar-refractivity contribution in [2.24, 2.45) is 10.7 Å². The highest BCUT2D eigenvalue weighted by Crippen LogP contribution is 2.32. The van der Waals surface area contributed by atoms with E-state index in [1.54, 1.807) is 30.3 Å². The maximum absolute atomic E-state index is 12.5. The van der Waals surface area contributed by atoms with Crippen LogP contribution in [0.5, 0.6) is 17.2 Å². The highest BCUT2D eigenvalue weighted by molar-refractivity contribution is 14.0. The summed E-state index contributed by atoms with van der Waals surface area (Å²) in [5.41, 5.74) is 6.94. The van der Waals surface area contributed by atoms with Gasteiger partial charge in [0.1, 0.15) is 5.75 Å². The number of nitrogens with zero attached hydrogens (tertiary/aromatic N) is 1. The van der Waals surface area contributed by atoms with Gasteiger partial charge in [0.2, 0.25) is 0 Å². The smallest absolute Gasteiger partial charge is 0.490 e. The fourth-order valence-corrected chi connectivity index (χ4v) is 2.66. The number of rotatable bonds is 5. The summed E-state index contributed by atoms with van der Waals surface area (Å²) in [5, 5.41) is 2.93. The second-order valence-electron chi connectivity index (χ2n) is 6.01. The Morgan fingerprint density at radius 2 is 1.83 bits per heavy atom. The molecule has 0 aliphatic carbocycles. The molecule has 6 nitrogen and oxygen atoms in total. The van der Waals surface area contributed by atoms with E-state index in [4.69, 9.17) is 15.2 Å². The van der Waals surface area contributed by atoms with Crippen molar-refractivity contribution in [2.75, 3.05) is 25.1 Å². The summed E-state index contributed by atoms with van der Waals surface area (Å²) in [6.45, 7) is 1.37. The van der Waals surface area contributed by atoms with E-state index < -0.39 is 6.36 Å². The molecular weight excluding hydrogens is 502 g/mol. The molecule has 1 heterocycles. The topological polar surface area (TPSA) is 78.1 Å². The molecule has 29 heavy (non-hydrogen) atoms. The number of anilines is 1. The molecule has 10 heteroatoms. The average Bonchev–Trinajstić information content (AvgIpc) is 2.87. The minimum atomic E-state index is -4.74. The Bertz CT molecular complexity index is 847. The average molecular weight is 523 g/mol. The first-order valence-electron chi connectivity index (χ1n) is 8.71. The van der Waals surface area contributed by atoms with Crippen LogP contribution in [0.15, 0.2) is 47.5 Å². The second-order valence-corrected chi connectivity index (χ2v) is 6.01. The molecule has 0 saturated heterocycles. The number of para-hydroxylation sites is 1. The number of alkyl halides is 3. The Morgan fingerprint density at radius 3 is 2.59 bits per heavy atom. The molecule has 0 radical (unpaired) electrons. The monoisotopic (exact) mass is 523 g/mol. The van der Waals surface area contributed by atoms with E-state index in [-0.39, 0.29) is 48.7 Å². The Morgan fingerprint density at radius 1 is 1.10 bits per heavy atom. The lowest BCUT2D eigenvalue weighted by atomic mass is 10.1. The largest absolute Gasteiger partial charge is 0.573 e. The number of guanidine groups is 1. The normalized spacial score (nSPS) is 13.8. The standard InChI is InChI=1S/C19H20F3N3O3.HI/c20-19(21,22)28-15-5-2-1-4-13(15)8-9-24-18(23)25-14-6-7-16-17(12-14)27-11-3-10-26-16;/h1-2,4-7,12H,3,8-11H2,(H3,23,24,25);1H. The molecular formula is C19H21F3IN3O3. The number of aliphatic imine (C=N–C) groups is 1. The highest BCUT2D eigenvalue weighted by Gasteiger charge is 2.31. The first kappa shape index (κ1) is 22.9. The van der Waals surface area contributed by atoms with Gasteiger partial charge in [-0.25, -0.2) is 0 Å². The first-order valence-corrected chi connectivity index (χ1v) is 8.71. The van der Waals surface area contributed by atoms with E-state index in [2.05, 4.69) is 15.0 Å². The number of hydrogen-bond acceptors (Lipinski definition) is 4. The lowest BCUT2D eigenvalue weighted by molar-refractivity contribution is -0.274. The van der Waals surface area contributed by atoms with Gasteiger partial charge in [-0.1, -0.05) is 18.2 Å². The quantitative estimate of drug-likeness (QED) is 0.347. The molecule has 2 aromatic carbocycles. The van der Waals surface area contributed by atoms with E-state index >= 15 is 0 Å². The Balaban J connectivity index is 0.00000300. The summed E-state index contributed by atoms with van der Waals surface area (Å²) in [6.07, 6.45) is -3.69. The SMILES string of the molecule is I.NC(=NCCc1ccccc1OC(F)(F)F)Nc1ccc2c(c1)OCCCO2. The van der Waals surface area contributed by atoms with Gasteiger partial charge >= 0.3 is 6.36 Å². The van der Waals surface area contributed by atoms with E-state index in [1.165, 1.54) is 12.1 Å². The van der Waals surface area contributed by atoms with Gasteiger partial charge in [-0.15, -0.1) is 37.1 Å². The lowest BCUT2D eigenvalue weighted by Gasteiger charge is -2.13. The molecule has 0 atom stereocenters. The third-order valence-electron chi connectivity index (χ3n) is 3.88. The highest BCUT2D eigenvalue weighted by atomic mass is 127. The van der Waals surface area contributed by atoms with Crippen molar-refractivity contribution >= 4 is 35.6 Å². The maximum Gasteiger partial charge on any atom is 0.573 e. The fraction of sp³-hybridized carbons (Fsp3) is 0.316. The lowest BCUT2D eigenvalue weighted by Crippen LogP contribution is -2.23. The summed E-state index contributed by atoms with van der Waals surface area (Å²) in [4.78, 5) is 4.16. The molecule has 0 amide bonds. The molecule has 158 valence electrons. The van der Waals surface area contributed by atoms with Crippen LogP contribution >= 0.6 is 24.0 Å². The van der Waals surface area contributed by atoms with Gasteiger partial charge in [0, 0.05) is 24.7 Å². The molecule has 3 rings (SSSR count). The van der Waals surface area contributed by atoms with Crippen molar-refractivity contribution in [1.82, 2.24) is 0 Å². The number of nitrogens with one attached hydrogen (secondary N) is 1. The van der Waals surface area contributed by atoms with Crippen LogP contribution in [-0.4, -0.2) is 32.1 Å². The number of hydrogen-bond donors (Lipinski definition) is 2. The molecule has 0 aromatic heterocycles. The zero-order valence-corrected chi connectivity index (χ0v) is 17.7. The molecule has 3 N–H and O–H groups in total. The summed E-state index contributed by atoms with van der Waals surface area (Å²) < 4.78 is 52.6. The predicted molar refractivity (Wildman–Crippen MR) is 114 cm³/mol. The van der Waals surface area contributed by atoms with E-state index in [0.717, 1.165) is 6.42 Å². The van der Waals surface area contributed by atoms with Crippen LogP contribution in [-0.2, 0) is 6.42 Å². The van der Waals surface area contributed by atoms with E-state index in [0.29, 0.717) is 36.0 Å². The van der Waals surface area contributed by atoms with Crippen molar-refractivity contribution in [3.8, 4) is 17.2 Å². The van der Waals surface area contributed by atoms with E-state index in [1.807, 2.05) is 0 Å². The van der Waals surface area contributed by atoms with Crippen LogP contribution in [0.2, 0.25) is 0 Å². The predicted octanol–water partition coefficient (Wildman–Crippen LogP) is 4.33. The van der Waals surface area contributed by atoms with Crippen LogP contribution in [0.1, 0.15) is 12.0 Å². The fourth-order valence-electron chi connectivity index (χ4n) is 2.66. The molecule has 0 spiro atoms. The summed E-state index contributed by atoms with van der Waals surface area (Å²) in [6, 6.07) is 11.3. The minimum absolute atomic E-state index is 0. The Labute approximate surface area is 183 Å². The molecule has 0 saturated carbocycles. The zero-order valence-electron chi connectivity index (χ0n) is 15.4. The minimum Gasteiger partial charge on any atom is -0.490 e. The first-order chi connectivity index (χ1) is 13.4. The summed E-state index contributed by atoms with van der Waals surface area (Å²) in [7, 11) is 0. The van der Waals surface area contributed by atoms with Gasteiger partial charge in [-0.3, -0.25) is 4.99 Å². The summed E-state index contributed by atoms with van der Waals surface area (Å²) >= 11 is 0. The van der Waals surface area contributed by atoms with Crippen LogP contribution in [0.25, 0.3) is 0 Å². The molecule has 0 bridgehead atoms. The van der Waals surface area contributed by atoms with E-state index in [9.17, 15) is 13.2 Å². The van der Waals surface area contributed by atoms with Gasteiger partial charge in [0.05, 0.1) is 13.2 Å². The third kappa shape index (κ3) is 7.18. The third-order valence-corrected chi connectivity index (χ3v) is 3.88. The van der Waals surface area contributed by atoms with Crippen LogP contribution in [0.3, 0.4) is 0 Å². The van der Waals surface area contributed by atoms with Crippen molar-refractivity contribution < 1.29 is 27.4 Å². The van der Waals surface area contributed by atoms with Gasteiger partial charge in [-0.05, 0) is 30.2 Å². The van der Waals surface area contributed by atoms with Crippen LogP contribution in [0, 0.1) is 0 Å². The number of fused-ring (bicyclic) bond motifs is 1. The van der Waals surface area contributed by atoms with Gasteiger partial charge in [-0.2, -0.15) is 0 Å². The van der Waals surface area contributed by atoms with Crippen molar-refractivity contribution in [3.63, 3.8) is 0 Å². The maximum atomic E-state index is 12.5. The van der Waals surface area contributed by atoms with Crippen molar-refractivity contribution in [1.29, 1.82) is 0 Å². The van der Waals surface area contributed by atoms with Crippen LogP contribution in [0.4, 0.5) is 18.9 Å². The molecule has 0 unspecified atom stereocenters.